The summed E-state index contributed by atoms with van der Waals surface area (Å²) in [7, 11) is 1.67. The minimum atomic E-state index is -0.806. The van der Waals surface area contributed by atoms with E-state index in [0.29, 0.717) is 19.8 Å². The summed E-state index contributed by atoms with van der Waals surface area (Å²) in [5.74, 6) is -0.806. The number of morpholine rings is 1. The van der Waals surface area contributed by atoms with Crippen LogP contribution in [0.15, 0.2) is 0 Å². The van der Waals surface area contributed by atoms with Gasteiger partial charge < -0.3 is 15.2 Å². The summed E-state index contributed by atoms with van der Waals surface area (Å²) in [5.41, 5.74) is -0.0806. The van der Waals surface area contributed by atoms with Gasteiger partial charge in [-0.1, -0.05) is 0 Å². The summed E-state index contributed by atoms with van der Waals surface area (Å²) >= 11 is 0. The summed E-state index contributed by atoms with van der Waals surface area (Å²) in [5, 5.41) is 11.8. The van der Waals surface area contributed by atoms with Gasteiger partial charge in [-0.3, -0.25) is 9.69 Å². The third-order valence-electron chi connectivity index (χ3n) is 2.87. The van der Waals surface area contributed by atoms with Crippen molar-refractivity contribution in [2.24, 2.45) is 0 Å². The van der Waals surface area contributed by atoms with Crippen molar-refractivity contribution in [3.63, 3.8) is 0 Å². The number of carboxylic acid groups (broad SMARTS) is 1. The van der Waals surface area contributed by atoms with Crippen LogP contribution in [0.2, 0.25) is 0 Å². The van der Waals surface area contributed by atoms with Crippen LogP contribution in [-0.4, -0.2) is 60.9 Å². The minimum absolute atomic E-state index is 0.0806. The van der Waals surface area contributed by atoms with E-state index >= 15 is 0 Å². The Bertz CT molecular complexity index is 231. The standard InChI is InChI=1S/C10H20N2O3/c1-10(2)7-15-5-4-12(10)6-8(11-3)9(13)14/h8,11H,4-7H2,1-3H3,(H,13,14). The molecule has 15 heavy (non-hydrogen) atoms. The number of nitrogens with one attached hydrogen (secondary N) is 1. The molecular formula is C10H20N2O3. The minimum Gasteiger partial charge on any atom is -0.480 e. The van der Waals surface area contributed by atoms with E-state index in [0.717, 1.165) is 6.54 Å². The van der Waals surface area contributed by atoms with Crippen molar-refractivity contribution < 1.29 is 14.6 Å². The lowest BCUT2D eigenvalue weighted by Crippen LogP contribution is -2.57. The molecule has 0 aliphatic carbocycles. The van der Waals surface area contributed by atoms with Crippen molar-refractivity contribution in [2.45, 2.75) is 25.4 Å². The van der Waals surface area contributed by atoms with Gasteiger partial charge in [0.1, 0.15) is 6.04 Å². The predicted molar refractivity (Wildman–Crippen MR) is 57.0 cm³/mol. The lowest BCUT2D eigenvalue weighted by atomic mass is 10.0. The molecule has 1 heterocycles. The van der Waals surface area contributed by atoms with E-state index in [1.54, 1.807) is 7.05 Å². The summed E-state index contributed by atoms with van der Waals surface area (Å²) < 4.78 is 5.38. The van der Waals surface area contributed by atoms with Crippen LogP contribution in [0.1, 0.15) is 13.8 Å². The highest BCUT2D eigenvalue weighted by Gasteiger charge is 2.33. The predicted octanol–water partition coefficient (Wildman–Crippen LogP) is -0.230. The van der Waals surface area contributed by atoms with E-state index in [9.17, 15) is 4.79 Å². The molecule has 1 aliphatic heterocycles. The molecule has 0 saturated carbocycles. The fraction of sp³-hybridized carbons (Fsp3) is 0.900. The van der Waals surface area contributed by atoms with E-state index in [1.165, 1.54) is 0 Å². The average Bonchev–Trinajstić information content (AvgIpc) is 2.15. The second kappa shape index (κ2) is 4.92. The number of aliphatic carboxylic acids is 1. The quantitative estimate of drug-likeness (QED) is 0.679. The average molecular weight is 216 g/mol. The van der Waals surface area contributed by atoms with Crippen molar-refractivity contribution in [1.82, 2.24) is 10.2 Å². The van der Waals surface area contributed by atoms with Gasteiger partial charge >= 0.3 is 5.97 Å². The molecule has 0 aromatic rings. The molecule has 1 fully saturated rings. The van der Waals surface area contributed by atoms with Gasteiger partial charge in [-0.15, -0.1) is 0 Å². The third kappa shape index (κ3) is 3.15. The van der Waals surface area contributed by atoms with Gasteiger partial charge in [-0.25, -0.2) is 0 Å². The Morgan fingerprint density at radius 3 is 2.80 bits per heavy atom. The fourth-order valence-corrected chi connectivity index (χ4v) is 1.74. The molecule has 2 N–H and O–H groups in total. The Hall–Kier alpha value is -0.650. The maximum absolute atomic E-state index is 10.9. The number of nitrogens with zero attached hydrogens (tertiary/aromatic N) is 1. The summed E-state index contributed by atoms with van der Waals surface area (Å²) in [6.45, 7) is 6.78. The number of ether oxygens (including phenoxy) is 1. The number of carboxylic acids is 1. The largest absolute Gasteiger partial charge is 0.480 e. The topological polar surface area (TPSA) is 61.8 Å². The molecule has 88 valence electrons. The molecule has 0 bridgehead atoms. The molecule has 0 aromatic heterocycles. The molecule has 0 amide bonds. The monoisotopic (exact) mass is 216 g/mol. The van der Waals surface area contributed by atoms with Crippen LogP contribution in [0, 0.1) is 0 Å². The second-order valence-electron chi connectivity index (χ2n) is 4.49. The zero-order valence-corrected chi connectivity index (χ0v) is 9.62. The Labute approximate surface area is 90.4 Å². The molecule has 1 saturated heterocycles. The van der Waals surface area contributed by atoms with Crippen molar-refractivity contribution >= 4 is 5.97 Å². The molecular weight excluding hydrogens is 196 g/mol. The van der Waals surface area contributed by atoms with Crippen molar-refractivity contribution in [2.75, 3.05) is 33.4 Å². The second-order valence-corrected chi connectivity index (χ2v) is 4.49. The van der Waals surface area contributed by atoms with Gasteiger partial charge in [0.05, 0.1) is 13.2 Å². The Balaban J connectivity index is 2.58. The highest BCUT2D eigenvalue weighted by molar-refractivity contribution is 5.73. The zero-order valence-electron chi connectivity index (χ0n) is 9.62. The van der Waals surface area contributed by atoms with E-state index < -0.39 is 12.0 Å². The highest BCUT2D eigenvalue weighted by Crippen LogP contribution is 2.18. The van der Waals surface area contributed by atoms with Crippen LogP contribution < -0.4 is 5.32 Å². The Morgan fingerprint density at radius 2 is 2.33 bits per heavy atom. The van der Waals surface area contributed by atoms with Gasteiger partial charge in [-0.05, 0) is 20.9 Å². The summed E-state index contributed by atoms with van der Waals surface area (Å²) in [6.07, 6.45) is 0. The molecule has 1 rings (SSSR count). The molecule has 5 nitrogen and oxygen atoms in total. The van der Waals surface area contributed by atoms with Crippen LogP contribution in [0.5, 0.6) is 0 Å². The van der Waals surface area contributed by atoms with Crippen LogP contribution >= 0.6 is 0 Å². The summed E-state index contributed by atoms with van der Waals surface area (Å²) in [6, 6.07) is -0.512. The van der Waals surface area contributed by atoms with Gasteiger partial charge in [-0.2, -0.15) is 0 Å². The van der Waals surface area contributed by atoms with Gasteiger partial charge in [0.2, 0.25) is 0 Å². The number of rotatable bonds is 4. The van der Waals surface area contributed by atoms with E-state index in [-0.39, 0.29) is 5.54 Å². The van der Waals surface area contributed by atoms with E-state index in [2.05, 4.69) is 24.1 Å². The molecule has 1 aliphatic rings. The van der Waals surface area contributed by atoms with Crippen LogP contribution in [-0.2, 0) is 9.53 Å². The van der Waals surface area contributed by atoms with Gasteiger partial charge in [0.25, 0.3) is 0 Å². The van der Waals surface area contributed by atoms with E-state index in [4.69, 9.17) is 9.84 Å². The summed E-state index contributed by atoms with van der Waals surface area (Å²) in [4.78, 5) is 13.1. The molecule has 0 radical (unpaired) electrons. The number of carbonyl (C=O) groups is 1. The maximum atomic E-state index is 10.9. The third-order valence-corrected chi connectivity index (χ3v) is 2.87. The maximum Gasteiger partial charge on any atom is 0.322 e. The first-order chi connectivity index (χ1) is 6.97. The van der Waals surface area contributed by atoms with Gasteiger partial charge in [0, 0.05) is 18.6 Å². The van der Waals surface area contributed by atoms with Crippen molar-refractivity contribution in [3.05, 3.63) is 0 Å². The lowest BCUT2D eigenvalue weighted by molar-refractivity contribution is -0.141. The SMILES string of the molecule is CNC(CN1CCOCC1(C)C)C(=O)O. The highest BCUT2D eigenvalue weighted by atomic mass is 16.5. The molecule has 0 spiro atoms. The number of likely N-dealkylation sites (N-methyl/N-ethyl adjacent to an activating group) is 1. The zero-order chi connectivity index (χ0) is 11.5. The van der Waals surface area contributed by atoms with Crippen molar-refractivity contribution in [1.29, 1.82) is 0 Å². The molecule has 5 heteroatoms. The van der Waals surface area contributed by atoms with Crippen LogP contribution in [0.25, 0.3) is 0 Å². The lowest BCUT2D eigenvalue weighted by Gasteiger charge is -2.43. The molecule has 1 atom stereocenters. The number of hydrogen-bond acceptors (Lipinski definition) is 4. The van der Waals surface area contributed by atoms with Crippen LogP contribution in [0.4, 0.5) is 0 Å². The first kappa shape index (κ1) is 12.4. The van der Waals surface area contributed by atoms with E-state index in [1.807, 2.05) is 0 Å². The van der Waals surface area contributed by atoms with Crippen LogP contribution in [0.3, 0.4) is 0 Å². The Morgan fingerprint density at radius 1 is 1.67 bits per heavy atom. The number of hydrogen-bond donors (Lipinski definition) is 2. The normalized spacial score (nSPS) is 23.7. The first-order valence-corrected chi connectivity index (χ1v) is 5.20. The van der Waals surface area contributed by atoms with Gasteiger partial charge in [0.15, 0.2) is 0 Å². The Kier molecular flexibility index (Phi) is 4.07. The molecule has 1 unspecified atom stereocenters. The van der Waals surface area contributed by atoms with Crippen molar-refractivity contribution in [3.8, 4) is 0 Å². The fourth-order valence-electron chi connectivity index (χ4n) is 1.74. The molecule has 0 aromatic carbocycles. The first-order valence-electron chi connectivity index (χ1n) is 5.20. The smallest absolute Gasteiger partial charge is 0.322 e.